The van der Waals surface area contributed by atoms with Crippen LogP contribution in [0.3, 0.4) is 0 Å². The van der Waals surface area contributed by atoms with E-state index in [0.29, 0.717) is 31.8 Å². The highest BCUT2D eigenvalue weighted by Crippen LogP contribution is 2.41. The Hall–Kier alpha value is -3.07. The third-order valence-electron chi connectivity index (χ3n) is 7.28. The van der Waals surface area contributed by atoms with Crippen molar-refractivity contribution in [3.63, 3.8) is 0 Å². The molecule has 0 saturated heterocycles. The van der Waals surface area contributed by atoms with Gasteiger partial charge in [0.1, 0.15) is 22.3 Å². The number of halogens is 3. The van der Waals surface area contributed by atoms with E-state index < -0.39 is 11.6 Å². The van der Waals surface area contributed by atoms with Gasteiger partial charge in [-0.25, -0.2) is 8.78 Å². The first kappa shape index (κ1) is 26.5. The molecule has 1 aliphatic carbocycles. The lowest BCUT2D eigenvalue weighted by molar-refractivity contribution is 0.0610. The van der Waals surface area contributed by atoms with E-state index in [1.807, 2.05) is 13.0 Å². The molecule has 9 heteroatoms. The molecular formula is C29H28ClF2N3O2S. The summed E-state index contributed by atoms with van der Waals surface area (Å²) in [4.78, 5) is 20.1. The van der Waals surface area contributed by atoms with Gasteiger partial charge in [0.25, 0.3) is 5.91 Å². The summed E-state index contributed by atoms with van der Waals surface area (Å²) in [6.07, 6.45) is 5.77. The molecule has 0 aliphatic heterocycles. The number of aromatic nitrogens is 1. The van der Waals surface area contributed by atoms with Crippen molar-refractivity contribution in [2.45, 2.75) is 51.2 Å². The van der Waals surface area contributed by atoms with Crippen molar-refractivity contribution in [2.24, 2.45) is 5.73 Å². The van der Waals surface area contributed by atoms with Gasteiger partial charge in [-0.2, -0.15) is 0 Å². The van der Waals surface area contributed by atoms with Crippen LogP contribution < -0.4 is 10.5 Å². The second kappa shape index (κ2) is 11.0. The Morgan fingerprint density at radius 1 is 1.16 bits per heavy atom. The highest BCUT2D eigenvalue weighted by atomic mass is 35.5. The molecule has 38 heavy (non-hydrogen) atoms. The minimum absolute atomic E-state index is 0.0828. The Kier molecular flexibility index (Phi) is 7.66. The van der Waals surface area contributed by atoms with Crippen molar-refractivity contribution < 1.29 is 18.3 Å². The molecule has 198 valence electrons. The summed E-state index contributed by atoms with van der Waals surface area (Å²) in [6, 6.07) is 10.1. The first-order valence-electron chi connectivity index (χ1n) is 12.5. The molecule has 0 atom stereocenters. The van der Waals surface area contributed by atoms with Crippen molar-refractivity contribution in [2.75, 3.05) is 7.11 Å². The van der Waals surface area contributed by atoms with E-state index in [-0.39, 0.29) is 29.6 Å². The Morgan fingerprint density at radius 2 is 1.92 bits per heavy atom. The van der Waals surface area contributed by atoms with Crippen LogP contribution in [0.5, 0.6) is 5.75 Å². The van der Waals surface area contributed by atoms with E-state index in [1.54, 1.807) is 36.3 Å². The summed E-state index contributed by atoms with van der Waals surface area (Å²) in [7, 11) is 1.56. The maximum atomic E-state index is 14.7. The van der Waals surface area contributed by atoms with E-state index in [4.69, 9.17) is 22.1 Å². The molecule has 2 heterocycles. The zero-order valence-electron chi connectivity index (χ0n) is 21.1. The van der Waals surface area contributed by atoms with Crippen molar-refractivity contribution in [3.8, 4) is 16.9 Å². The van der Waals surface area contributed by atoms with Gasteiger partial charge in [0.2, 0.25) is 0 Å². The molecule has 1 fully saturated rings. The number of nitrogens with two attached hydrogens (primary N) is 1. The Bertz CT molecular complexity index is 1500. The SMILES string of the molecule is COc1ccc(-c2ccncc2F)cc1CN(C(=O)c1sc2c(F)ccc(C)c2c1Cl)[C@H]1CC[C@H](N)CC1. The van der Waals surface area contributed by atoms with Crippen LogP contribution in [0.25, 0.3) is 21.2 Å². The standard InChI is InChI=1S/C29H28ClF2N3O2S/c1-16-3-9-22(31)27-25(16)26(30)28(38-27)29(36)35(20-7-5-19(33)6-8-20)15-18-13-17(4-10-24(18)37-2)21-11-12-34-14-23(21)32/h3-4,9-14,19-20H,5-8,15,33H2,1-2H3/t19-,20-. The average Bonchev–Trinajstić information content (AvgIpc) is 3.28. The van der Waals surface area contributed by atoms with Gasteiger partial charge < -0.3 is 15.4 Å². The van der Waals surface area contributed by atoms with E-state index in [2.05, 4.69) is 4.98 Å². The lowest BCUT2D eigenvalue weighted by Crippen LogP contribution is -2.43. The Balaban J connectivity index is 1.58. The van der Waals surface area contributed by atoms with Gasteiger partial charge in [0.15, 0.2) is 0 Å². The maximum Gasteiger partial charge on any atom is 0.266 e. The van der Waals surface area contributed by atoms with Gasteiger partial charge in [0.05, 0.1) is 23.0 Å². The molecule has 1 saturated carbocycles. The number of nitrogens with zero attached hydrogens (tertiary/aromatic N) is 2. The fourth-order valence-electron chi connectivity index (χ4n) is 5.20. The predicted molar refractivity (Wildman–Crippen MR) is 148 cm³/mol. The lowest BCUT2D eigenvalue weighted by Gasteiger charge is -2.36. The summed E-state index contributed by atoms with van der Waals surface area (Å²) < 4.78 is 35.2. The molecule has 0 radical (unpaired) electrons. The fraction of sp³-hybridized carbons (Fsp3) is 0.310. The number of carbonyl (C=O) groups excluding carboxylic acids is 1. The van der Waals surface area contributed by atoms with Crippen LogP contribution in [0.1, 0.15) is 46.5 Å². The molecule has 5 rings (SSSR count). The summed E-state index contributed by atoms with van der Waals surface area (Å²) in [5.41, 5.74) is 8.76. The van der Waals surface area contributed by atoms with Crippen LogP contribution in [-0.4, -0.2) is 35.0 Å². The van der Waals surface area contributed by atoms with Gasteiger partial charge in [-0.05, 0) is 68.0 Å². The highest BCUT2D eigenvalue weighted by molar-refractivity contribution is 7.21. The van der Waals surface area contributed by atoms with Gasteiger partial charge in [-0.1, -0.05) is 23.7 Å². The van der Waals surface area contributed by atoms with Crippen LogP contribution in [0, 0.1) is 18.6 Å². The molecule has 2 N–H and O–H groups in total. The highest BCUT2D eigenvalue weighted by Gasteiger charge is 2.32. The first-order valence-corrected chi connectivity index (χ1v) is 13.7. The van der Waals surface area contributed by atoms with Crippen LogP contribution in [0.15, 0.2) is 48.8 Å². The van der Waals surface area contributed by atoms with Crippen LogP contribution in [0.2, 0.25) is 5.02 Å². The zero-order chi connectivity index (χ0) is 27.0. The molecule has 1 aliphatic rings. The number of ether oxygens (including phenoxy) is 1. The smallest absolute Gasteiger partial charge is 0.266 e. The van der Waals surface area contributed by atoms with Crippen molar-refractivity contribution in [1.82, 2.24) is 9.88 Å². The summed E-state index contributed by atoms with van der Waals surface area (Å²) in [5, 5.41) is 0.836. The molecule has 0 bridgehead atoms. The molecular weight excluding hydrogens is 528 g/mol. The van der Waals surface area contributed by atoms with Gasteiger partial charge in [-0.3, -0.25) is 9.78 Å². The number of fused-ring (bicyclic) bond motifs is 1. The fourth-order valence-corrected chi connectivity index (χ4v) is 6.83. The number of hydrogen-bond acceptors (Lipinski definition) is 5. The van der Waals surface area contributed by atoms with E-state index in [9.17, 15) is 13.6 Å². The van der Waals surface area contributed by atoms with Gasteiger partial charge in [-0.15, -0.1) is 11.3 Å². The lowest BCUT2D eigenvalue weighted by atomic mass is 9.90. The summed E-state index contributed by atoms with van der Waals surface area (Å²) in [6.45, 7) is 2.07. The largest absolute Gasteiger partial charge is 0.496 e. The number of carbonyl (C=O) groups is 1. The summed E-state index contributed by atoms with van der Waals surface area (Å²) >= 11 is 7.80. The molecule has 2 aromatic heterocycles. The molecule has 0 spiro atoms. The number of rotatable bonds is 6. The molecule has 5 nitrogen and oxygen atoms in total. The predicted octanol–water partition coefficient (Wildman–Crippen LogP) is 7.12. The minimum Gasteiger partial charge on any atom is -0.496 e. The van der Waals surface area contributed by atoms with Crippen molar-refractivity contribution in [1.29, 1.82) is 0 Å². The number of methoxy groups -OCH3 is 1. The second-order valence-corrected chi connectivity index (χ2v) is 11.1. The Morgan fingerprint density at radius 3 is 2.61 bits per heavy atom. The molecule has 4 aromatic rings. The number of benzene rings is 2. The molecule has 2 aromatic carbocycles. The monoisotopic (exact) mass is 555 g/mol. The van der Waals surface area contributed by atoms with Crippen molar-refractivity contribution in [3.05, 3.63) is 81.5 Å². The average molecular weight is 556 g/mol. The molecule has 1 amide bonds. The second-order valence-electron chi connectivity index (χ2n) is 9.70. The third kappa shape index (κ3) is 5.00. The van der Waals surface area contributed by atoms with E-state index >= 15 is 0 Å². The normalized spacial score (nSPS) is 17.5. The zero-order valence-corrected chi connectivity index (χ0v) is 22.7. The van der Waals surface area contributed by atoms with E-state index in [0.717, 1.165) is 48.1 Å². The van der Waals surface area contributed by atoms with Crippen molar-refractivity contribution >= 4 is 38.9 Å². The van der Waals surface area contributed by atoms with Gasteiger partial charge >= 0.3 is 0 Å². The number of thiophene rings is 1. The molecule has 0 unspecified atom stereocenters. The van der Waals surface area contributed by atoms with Crippen LogP contribution in [-0.2, 0) is 6.54 Å². The first-order chi connectivity index (χ1) is 18.3. The number of pyridine rings is 1. The minimum atomic E-state index is -0.438. The third-order valence-corrected chi connectivity index (χ3v) is 8.96. The number of amides is 1. The summed E-state index contributed by atoms with van der Waals surface area (Å²) in [5.74, 6) is -0.524. The Labute approximate surface area is 229 Å². The number of hydrogen-bond donors (Lipinski definition) is 1. The van der Waals surface area contributed by atoms with Gasteiger partial charge in [0, 0.05) is 41.3 Å². The topological polar surface area (TPSA) is 68.5 Å². The number of aryl methyl sites for hydroxylation is 1. The van der Waals surface area contributed by atoms with Crippen LogP contribution in [0.4, 0.5) is 8.78 Å². The maximum absolute atomic E-state index is 14.7. The van der Waals surface area contributed by atoms with Crippen LogP contribution >= 0.6 is 22.9 Å². The quantitative estimate of drug-likeness (QED) is 0.275. The van der Waals surface area contributed by atoms with E-state index in [1.165, 1.54) is 18.5 Å².